The summed E-state index contributed by atoms with van der Waals surface area (Å²) in [6.45, 7) is 6.61. The molecule has 2 heterocycles. The van der Waals surface area contributed by atoms with Gasteiger partial charge in [0.1, 0.15) is 10.8 Å². The van der Waals surface area contributed by atoms with Gasteiger partial charge in [-0.25, -0.2) is 9.97 Å². The Morgan fingerprint density at radius 3 is 1.93 bits per heavy atom. The number of hydrogen-bond donors (Lipinski definition) is 1. The van der Waals surface area contributed by atoms with Gasteiger partial charge in [-0.3, -0.25) is 0 Å². The second-order valence-corrected chi connectivity index (χ2v) is 12.8. The van der Waals surface area contributed by atoms with E-state index in [1.54, 1.807) is 22.7 Å². The fourth-order valence-corrected chi connectivity index (χ4v) is 6.57. The second kappa shape index (κ2) is 11.4. The molecule has 4 aromatic carbocycles. The van der Waals surface area contributed by atoms with Crippen molar-refractivity contribution in [3.8, 4) is 50.0 Å². The third kappa shape index (κ3) is 5.74. The van der Waals surface area contributed by atoms with Crippen molar-refractivity contribution in [3.05, 3.63) is 124 Å². The first kappa shape index (κ1) is 27.1. The zero-order chi connectivity index (χ0) is 28.4. The number of rotatable bonds is 7. The maximum absolute atomic E-state index is 11.5. The molecule has 0 saturated heterocycles. The number of benzene rings is 4. The molecule has 3 nitrogen and oxygen atoms in total. The molecule has 6 aromatic rings. The number of nitrogens with zero attached hydrogens (tertiary/aromatic N) is 2. The number of phenolic OH excluding ortho intramolecular Hbond substituents is 1. The van der Waals surface area contributed by atoms with Crippen molar-refractivity contribution in [3.63, 3.8) is 0 Å². The number of aromatic nitrogens is 2. The molecular weight excluding hydrogens is 541 g/mol. The molecule has 1 N–H and O–H groups in total. The number of hydrogen-bond acceptors (Lipinski definition) is 5. The number of thiazole rings is 2. The molecule has 0 saturated carbocycles. The molecule has 204 valence electrons. The van der Waals surface area contributed by atoms with Gasteiger partial charge in [0.25, 0.3) is 0 Å². The van der Waals surface area contributed by atoms with Crippen molar-refractivity contribution < 1.29 is 5.11 Å². The highest BCUT2D eigenvalue weighted by molar-refractivity contribution is 7.13. The molecule has 0 bridgehead atoms. The van der Waals surface area contributed by atoms with Crippen molar-refractivity contribution in [2.24, 2.45) is 0 Å². The van der Waals surface area contributed by atoms with E-state index >= 15 is 0 Å². The van der Waals surface area contributed by atoms with Crippen LogP contribution in [0.4, 0.5) is 0 Å². The fraction of sp³-hybridized carbons (Fsp3) is 0.167. The van der Waals surface area contributed by atoms with Gasteiger partial charge >= 0.3 is 0 Å². The van der Waals surface area contributed by atoms with E-state index in [-0.39, 0.29) is 11.2 Å². The van der Waals surface area contributed by atoms with Crippen LogP contribution in [0.1, 0.15) is 37.5 Å². The third-order valence-corrected chi connectivity index (χ3v) is 8.94. The predicted molar refractivity (Wildman–Crippen MR) is 174 cm³/mol. The summed E-state index contributed by atoms with van der Waals surface area (Å²) in [5.41, 5.74) is 12.5. The minimum atomic E-state index is -0.0759. The van der Waals surface area contributed by atoms with Gasteiger partial charge in [-0.05, 0) is 52.6 Å². The summed E-state index contributed by atoms with van der Waals surface area (Å²) in [4.78, 5) is 9.64. The van der Waals surface area contributed by atoms with E-state index in [9.17, 15) is 5.11 Å². The Morgan fingerprint density at radius 2 is 1.29 bits per heavy atom. The van der Waals surface area contributed by atoms with Crippen molar-refractivity contribution >= 4 is 22.7 Å². The highest BCUT2D eigenvalue weighted by Crippen LogP contribution is 2.43. The van der Waals surface area contributed by atoms with E-state index in [0.29, 0.717) is 0 Å². The van der Waals surface area contributed by atoms with Gasteiger partial charge in [0.05, 0.1) is 22.5 Å². The lowest BCUT2D eigenvalue weighted by Crippen LogP contribution is -2.11. The minimum absolute atomic E-state index is 0.0759. The van der Waals surface area contributed by atoms with E-state index < -0.39 is 0 Å². The molecule has 0 aliphatic carbocycles. The first-order chi connectivity index (χ1) is 19.9. The first-order valence-electron chi connectivity index (χ1n) is 13.8. The van der Waals surface area contributed by atoms with Crippen molar-refractivity contribution in [1.29, 1.82) is 0 Å². The van der Waals surface area contributed by atoms with Crippen LogP contribution in [-0.2, 0) is 18.3 Å². The van der Waals surface area contributed by atoms with Crippen LogP contribution in [0, 0.1) is 0 Å². The number of aryl methyl sites for hydroxylation is 2. The standard InChI is InChI=1S/C36H32N2OS2/c1-36(2,3)27-19-30(24-11-5-4-6-12-24)34(39)31(20-27)35-38-33(22-41-35)29-16-10-8-14-26(29)18-17-25-13-7-9-15-28(25)32-21-40-23-37-32/h4-16,19-23,39H,17-18H2,1-3H3. The van der Waals surface area contributed by atoms with Crippen molar-refractivity contribution in [2.75, 3.05) is 0 Å². The molecule has 0 aliphatic heterocycles. The van der Waals surface area contributed by atoms with Gasteiger partial charge in [-0.15, -0.1) is 22.7 Å². The molecular formula is C36H32N2OS2. The Bertz CT molecular complexity index is 1780. The Hall–Kier alpha value is -4.06. The van der Waals surface area contributed by atoms with Gasteiger partial charge in [-0.2, -0.15) is 0 Å². The molecule has 6 rings (SSSR count). The monoisotopic (exact) mass is 572 g/mol. The van der Waals surface area contributed by atoms with Gasteiger partial charge in [0.15, 0.2) is 0 Å². The van der Waals surface area contributed by atoms with Crippen LogP contribution in [0.3, 0.4) is 0 Å². The van der Waals surface area contributed by atoms with Gasteiger partial charge in [-0.1, -0.05) is 99.6 Å². The van der Waals surface area contributed by atoms with E-state index in [2.05, 4.69) is 97.2 Å². The van der Waals surface area contributed by atoms with Crippen LogP contribution in [0.25, 0.3) is 44.2 Å². The highest BCUT2D eigenvalue weighted by atomic mass is 32.1. The average molecular weight is 573 g/mol. The molecule has 0 spiro atoms. The SMILES string of the molecule is CC(C)(C)c1cc(-c2ccccc2)c(O)c(-c2nc(-c3ccccc3CCc3ccccc3-c3cscn3)cs2)c1. The van der Waals surface area contributed by atoms with Crippen LogP contribution in [-0.4, -0.2) is 15.1 Å². The van der Waals surface area contributed by atoms with Gasteiger partial charge < -0.3 is 5.11 Å². The lowest BCUT2D eigenvalue weighted by atomic mass is 9.83. The highest BCUT2D eigenvalue weighted by Gasteiger charge is 2.22. The Labute approximate surface area is 249 Å². The maximum Gasteiger partial charge on any atom is 0.133 e. The quantitative estimate of drug-likeness (QED) is 0.207. The maximum atomic E-state index is 11.5. The molecule has 0 amide bonds. The number of aromatic hydroxyl groups is 1. The summed E-state index contributed by atoms with van der Waals surface area (Å²) in [5.74, 6) is 0.275. The van der Waals surface area contributed by atoms with Gasteiger partial charge in [0, 0.05) is 27.5 Å². The molecule has 0 fully saturated rings. The van der Waals surface area contributed by atoms with Crippen LogP contribution in [0.15, 0.2) is 107 Å². The minimum Gasteiger partial charge on any atom is -0.507 e. The molecule has 41 heavy (non-hydrogen) atoms. The Balaban J connectivity index is 1.35. The largest absolute Gasteiger partial charge is 0.507 e. The summed E-state index contributed by atoms with van der Waals surface area (Å²) in [6, 6.07) is 31.4. The average Bonchev–Trinajstić information content (AvgIpc) is 3.70. The van der Waals surface area contributed by atoms with Crippen LogP contribution < -0.4 is 0 Å². The second-order valence-electron chi connectivity index (χ2n) is 11.3. The topological polar surface area (TPSA) is 46.0 Å². The fourth-order valence-electron chi connectivity index (χ4n) is 5.18. The third-order valence-electron chi connectivity index (χ3n) is 7.48. The smallest absolute Gasteiger partial charge is 0.133 e. The molecule has 5 heteroatoms. The summed E-state index contributed by atoms with van der Waals surface area (Å²) < 4.78 is 0. The molecule has 2 aromatic heterocycles. The normalized spacial score (nSPS) is 11.6. The van der Waals surface area contributed by atoms with Crippen molar-refractivity contribution in [1.82, 2.24) is 9.97 Å². The Kier molecular flexibility index (Phi) is 7.57. The lowest BCUT2D eigenvalue weighted by Gasteiger charge is -2.22. The van der Waals surface area contributed by atoms with E-state index in [0.717, 1.165) is 51.5 Å². The zero-order valence-corrected chi connectivity index (χ0v) is 25.1. The molecule has 0 unspecified atom stereocenters. The Morgan fingerprint density at radius 1 is 0.683 bits per heavy atom. The molecule has 0 atom stereocenters. The zero-order valence-electron chi connectivity index (χ0n) is 23.5. The summed E-state index contributed by atoms with van der Waals surface area (Å²) >= 11 is 3.20. The van der Waals surface area contributed by atoms with Gasteiger partial charge in [0.2, 0.25) is 0 Å². The van der Waals surface area contributed by atoms with E-state index in [4.69, 9.17) is 4.98 Å². The summed E-state index contributed by atoms with van der Waals surface area (Å²) in [5, 5.41) is 16.5. The van der Waals surface area contributed by atoms with Crippen LogP contribution in [0.5, 0.6) is 5.75 Å². The molecule has 0 aliphatic rings. The van der Waals surface area contributed by atoms with Crippen LogP contribution in [0.2, 0.25) is 0 Å². The predicted octanol–water partition coefficient (Wildman–Crippen LogP) is 10.1. The first-order valence-corrected chi connectivity index (χ1v) is 15.6. The van der Waals surface area contributed by atoms with E-state index in [1.807, 2.05) is 35.8 Å². The van der Waals surface area contributed by atoms with Crippen molar-refractivity contribution in [2.45, 2.75) is 39.0 Å². The van der Waals surface area contributed by atoms with E-state index in [1.165, 1.54) is 22.3 Å². The number of phenols is 1. The summed E-state index contributed by atoms with van der Waals surface area (Å²) in [7, 11) is 0. The summed E-state index contributed by atoms with van der Waals surface area (Å²) in [6.07, 6.45) is 1.81. The lowest BCUT2D eigenvalue weighted by molar-refractivity contribution is 0.478. The molecule has 0 radical (unpaired) electrons. The van der Waals surface area contributed by atoms with Crippen LogP contribution >= 0.6 is 22.7 Å².